The van der Waals surface area contributed by atoms with Crippen molar-refractivity contribution in [2.45, 2.75) is 37.4 Å². The summed E-state index contributed by atoms with van der Waals surface area (Å²) in [6.45, 7) is 1.28. The van der Waals surface area contributed by atoms with Crippen molar-refractivity contribution in [2.75, 3.05) is 24.1 Å². The Morgan fingerprint density at radius 3 is 2.07 bits per heavy atom. The molecule has 3 aromatic rings. The minimum absolute atomic E-state index is 0.116. The number of nitrogens with one attached hydrogen (secondary N) is 2. The second kappa shape index (κ2) is 16.0. The predicted molar refractivity (Wildman–Crippen MR) is 150 cm³/mol. The van der Waals surface area contributed by atoms with E-state index in [9.17, 15) is 24.3 Å². The van der Waals surface area contributed by atoms with Crippen LogP contribution < -0.4 is 16.4 Å². The molecule has 13 nitrogen and oxygen atoms in total. The second-order valence-corrected chi connectivity index (χ2v) is 9.85. The number of nitrogens with two attached hydrogens (primary N) is 1. The number of nitrogens with zero attached hydrogens (tertiary/aromatic N) is 1. The van der Waals surface area contributed by atoms with Crippen LogP contribution in [0.4, 0.5) is 10.8 Å². The standard InChI is InChI=1S/C21H24N4O2S.C6H8O7/c22-21-25-18(14-28-21)12-20(27)24-17-8-6-15(7-9-17)10-11-23-13-19(26)16-4-2-1-3-5-16;7-3(8)1-6(13,5(11)12)2-4(9)10/h1-9,14,19,23,26H,10-13H2,(H2,22,25)(H,24,27);13H,1-2H2,(H,7,8)(H,9,10)(H,11,12)/t19-;/m0./s1. The van der Waals surface area contributed by atoms with Gasteiger partial charge < -0.3 is 41.9 Å². The maximum absolute atomic E-state index is 12.0. The third-order valence-electron chi connectivity index (χ3n) is 5.55. The molecule has 1 atom stereocenters. The van der Waals surface area contributed by atoms with Crippen LogP contribution in [-0.4, -0.2) is 73.0 Å². The molecule has 3 rings (SSSR count). The smallest absolute Gasteiger partial charge is 0.336 e. The average molecular weight is 589 g/mol. The fraction of sp³-hybridized carbons (Fsp3) is 0.296. The second-order valence-electron chi connectivity index (χ2n) is 8.96. The van der Waals surface area contributed by atoms with Gasteiger partial charge in [0.1, 0.15) is 0 Å². The molecule has 14 heteroatoms. The number of anilines is 2. The molecule has 1 aromatic heterocycles. The third kappa shape index (κ3) is 12.1. The Balaban J connectivity index is 0.000000383. The van der Waals surface area contributed by atoms with Gasteiger partial charge in [0.15, 0.2) is 10.7 Å². The number of hydrogen-bond acceptors (Lipinski definition) is 10. The van der Waals surface area contributed by atoms with Crippen LogP contribution in [0.15, 0.2) is 60.0 Å². The lowest BCUT2D eigenvalue weighted by Gasteiger charge is -2.18. The summed E-state index contributed by atoms with van der Waals surface area (Å²) in [5.41, 5.74) is 6.34. The van der Waals surface area contributed by atoms with E-state index < -0.39 is 42.5 Å². The number of amides is 1. The summed E-state index contributed by atoms with van der Waals surface area (Å²) >= 11 is 1.33. The van der Waals surface area contributed by atoms with Crippen molar-refractivity contribution in [1.82, 2.24) is 10.3 Å². The first-order valence-electron chi connectivity index (χ1n) is 12.3. The lowest BCUT2D eigenvalue weighted by Crippen LogP contribution is -2.42. The molecular weight excluding hydrogens is 556 g/mol. The first kappa shape index (κ1) is 32.8. The van der Waals surface area contributed by atoms with E-state index >= 15 is 0 Å². The number of carbonyl (C=O) groups is 4. The monoisotopic (exact) mass is 588 g/mol. The van der Waals surface area contributed by atoms with Crippen molar-refractivity contribution in [2.24, 2.45) is 0 Å². The number of aliphatic hydroxyl groups is 2. The van der Waals surface area contributed by atoms with Crippen LogP contribution >= 0.6 is 11.3 Å². The van der Waals surface area contributed by atoms with Crippen LogP contribution in [0.3, 0.4) is 0 Å². The van der Waals surface area contributed by atoms with Crippen LogP contribution in [-0.2, 0) is 32.0 Å². The number of hydrogen-bond donors (Lipinski definition) is 8. The van der Waals surface area contributed by atoms with Gasteiger partial charge in [-0.05, 0) is 36.2 Å². The number of rotatable bonds is 14. The molecule has 0 aliphatic heterocycles. The molecule has 41 heavy (non-hydrogen) atoms. The van der Waals surface area contributed by atoms with Crippen molar-refractivity contribution < 1.29 is 44.7 Å². The fourth-order valence-corrected chi connectivity index (χ4v) is 4.07. The molecule has 1 heterocycles. The molecule has 0 aliphatic carbocycles. The molecule has 0 unspecified atom stereocenters. The summed E-state index contributed by atoms with van der Waals surface area (Å²) in [6, 6.07) is 17.4. The van der Waals surface area contributed by atoms with E-state index in [1.54, 1.807) is 5.38 Å². The Morgan fingerprint density at radius 2 is 1.56 bits per heavy atom. The number of carboxylic acid groups (broad SMARTS) is 3. The van der Waals surface area contributed by atoms with E-state index in [1.165, 1.54) is 11.3 Å². The van der Waals surface area contributed by atoms with Gasteiger partial charge in [-0.3, -0.25) is 14.4 Å². The van der Waals surface area contributed by atoms with Gasteiger partial charge in [0, 0.05) is 17.6 Å². The molecule has 220 valence electrons. The molecule has 0 bridgehead atoms. The van der Waals surface area contributed by atoms with Gasteiger partial charge in [0.2, 0.25) is 5.91 Å². The van der Waals surface area contributed by atoms with Crippen LogP contribution in [0.5, 0.6) is 0 Å². The highest BCUT2D eigenvalue weighted by atomic mass is 32.1. The molecule has 0 spiro atoms. The van der Waals surface area contributed by atoms with Crippen LogP contribution in [0, 0.1) is 0 Å². The quantitative estimate of drug-likeness (QED) is 0.125. The summed E-state index contributed by atoms with van der Waals surface area (Å²) in [4.78, 5) is 46.6. The van der Waals surface area contributed by atoms with E-state index in [1.807, 2.05) is 54.6 Å². The Kier molecular flexibility index (Phi) is 12.8. The zero-order valence-corrected chi connectivity index (χ0v) is 22.7. The summed E-state index contributed by atoms with van der Waals surface area (Å²) in [7, 11) is 0. The van der Waals surface area contributed by atoms with Gasteiger partial charge in [-0.25, -0.2) is 9.78 Å². The summed E-state index contributed by atoms with van der Waals surface area (Å²) in [6.07, 6.45) is -1.74. The van der Waals surface area contributed by atoms with Crippen molar-refractivity contribution in [3.63, 3.8) is 0 Å². The number of aliphatic carboxylic acids is 3. The summed E-state index contributed by atoms with van der Waals surface area (Å²) in [5, 5.41) is 52.3. The highest BCUT2D eigenvalue weighted by Gasteiger charge is 2.40. The van der Waals surface area contributed by atoms with Crippen molar-refractivity contribution in [3.05, 3.63) is 76.8 Å². The van der Waals surface area contributed by atoms with Gasteiger partial charge >= 0.3 is 17.9 Å². The highest BCUT2D eigenvalue weighted by molar-refractivity contribution is 7.13. The number of thiazole rings is 1. The molecule has 0 fully saturated rings. The highest BCUT2D eigenvalue weighted by Crippen LogP contribution is 2.16. The van der Waals surface area contributed by atoms with Crippen LogP contribution in [0.25, 0.3) is 0 Å². The van der Waals surface area contributed by atoms with E-state index in [2.05, 4.69) is 15.6 Å². The lowest BCUT2D eigenvalue weighted by molar-refractivity contribution is -0.170. The molecule has 1 amide bonds. The van der Waals surface area contributed by atoms with Gasteiger partial charge in [0.25, 0.3) is 0 Å². The molecule has 0 radical (unpaired) electrons. The Morgan fingerprint density at radius 1 is 0.951 bits per heavy atom. The Labute approximate surface area is 239 Å². The fourth-order valence-electron chi connectivity index (χ4n) is 3.51. The van der Waals surface area contributed by atoms with E-state index in [-0.39, 0.29) is 12.3 Å². The largest absolute Gasteiger partial charge is 0.481 e. The first-order chi connectivity index (χ1) is 19.4. The number of carboxylic acids is 3. The number of benzene rings is 2. The normalized spacial score (nSPS) is 11.6. The zero-order chi connectivity index (χ0) is 30.4. The van der Waals surface area contributed by atoms with E-state index in [0.29, 0.717) is 17.4 Å². The number of carbonyl (C=O) groups excluding carboxylic acids is 1. The van der Waals surface area contributed by atoms with Gasteiger partial charge in [-0.15, -0.1) is 11.3 Å². The van der Waals surface area contributed by atoms with E-state index in [4.69, 9.17) is 26.2 Å². The minimum Gasteiger partial charge on any atom is -0.481 e. The number of nitrogen functional groups attached to an aromatic ring is 1. The molecule has 0 aliphatic rings. The zero-order valence-electron chi connectivity index (χ0n) is 21.9. The van der Waals surface area contributed by atoms with Gasteiger partial charge in [-0.2, -0.15) is 0 Å². The number of aliphatic hydroxyl groups excluding tert-OH is 1. The van der Waals surface area contributed by atoms with Gasteiger partial charge in [-0.1, -0.05) is 42.5 Å². The topological polar surface area (TPSA) is 232 Å². The van der Waals surface area contributed by atoms with Gasteiger partial charge in [0.05, 0.1) is 31.1 Å². The predicted octanol–water partition coefficient (Wildman–Crippen LogP) is 1.52. The van der Waals surface area contributed by atoms with Crippen molar-refractivity contribution in [3.8, 4) is 0 Å². The average Bonchev–Trinajstić information content (AvgIpc) is 3.31. The SMILES string of the molecule is Nc1nc(CC(=O)Nc2ccc(CCNC[C@H](O)c3ccccc3)cc2)cs1.O=C(O)CC(O)(CC(=O)O)C(=O)O. The lowest BCUT2D eigenvalue weighted by atomic mass is 9.96. The van der Waals surface area contributed by atoms with Crippen molar-refractivity contribution in [1.29, 1.82) is 0 Å². The summed E-state index contributed by atoms with van der Waals surface area (Å²) in [5.74, 6) is -5.13. The number of aromatic nitrogens is 1. The molecular formula is C27H32N4O9S. The molecule has 0 saturated carbocycles. The first-order valence-corrected chi connectivity index (χ1v) is 13.2. The maximum atomic E-state index is 12.0. The maximum Gasteiger partial charge on any atom is 0.336 e. The van der Waals surface area contributed by atoms with Crippen LogP contribution in [0.2, 0.25) is 0 Å². The Bertz CT molecular complexity index is 1280. The molecule has 0 saturated heterocycles. The molecule has 2 aromatic carbocycles. The van der Waals surface area contributed by atoms with E-state index in [0.717, 1.165) is 29.8 Å². The Hall–Kier alpha value is -4.37. The molecule has 9 N–H and O–H groups in total. The van der Waals surface area contributed by atoms with Crippen LogP contribution in [0.1, 0.15) is 35.8 Å². The summed E-state index contributed by atoms with van der Waals surface area (Å²) < 4.78 is 0. The minimum atomic E-state index is -2.74. The van der Waals surface area contributed by atoms with Crippen molar-refractivity contribution >= 4 is 46.0 Å². The third-order valence-corrected chi connectivity index (χ3v) is 6.27.